The van der Waals surface area contributed by atoms with Crippen LogP contribution in [0.1, 0.15) is 6.42 Å². The van der Waals surface area contributed by atoms with Crippen LogP contribution in [-0.4, -0.2) is 48.8 Å². The molecule has 1 aliphatic heterocycles. The van der Waals surface area contributed by atoms with Gasteiger partial charge in [-0.1, -0.05) is 12.2 Å². The number of likely N-dealkylation sites (tertiary alicyclic amines) is 1. The van der Waals surface area contributed by atoms with Crippen LogP contribution in [0.2, 0.25) is 0 Å². The highest BCUT2D eigenvalue weighted by Crippen LogP contribution is 2.08. The van der Waals surface area contributed by atoms with Crippen molar-refractivity contribution in [2.75, 3.05) is 26.7 Å². The molecule has 1 amide bonds. The Bertz CT molecular complexity index is 235. The van der Waals surface area contributed by atoms with Gasteiger partial charge < -0.3 is 15.8 Å². The summed E-state index contributed by atoms with van der Waals surface area (Å²) in [4.78, 5) is 13.5. The third-order valence-electron chi connectivity index (χ3n) is 2.16. The summed E-state index contributed by atoms with van der Waals surface area (Å²) in [6.07, 6.45) is 0.532. The van der Waals surface area contributed by atoms with Crippen molar-refractivity contribution in [3.63, 3.8) is 0 Å². The molecule has 0 bridgehead atoms. The molecule has 1 atom stereocenters. The minimum Gasteiger partial charge on any atom is -0.453 e. The molecular formula is C8H15N3O2S. The Balaban J connectivity index is 2.27. The Kier molecular flexibility index (Phi) is 4.09. The van der Waals surface area contributed by atoms with E-state index in [9.17, 15) is 4.79 Å². The third-order valence-corrected chi connectivity index (χ3v) is 2.29. The van der Waals surface area contributed by atoms with Crippen LogP contribution in [0, 0.1) is 0 Å². The van der Waals surface area contributed by atoms with Gasteiger partial charge in [0.25, 0.3) is 0 Å². The average Bonchev–Trinajstić information content (AvgIpc) is 2.51. The van der Waals surface area contributed by atoms with Gasteiger partial charge in [-0.3, -0.25) is 4.90 Å². The highest BCUT2D eigenvalue weighted by molar-refractivity contribution is 7.80. The number of ether oxygens (including phenoxy) is 1. The van der Waals surface area contributed by atoms with E-state index in [1.165, 1.54) is 7.11 Å². The van der Waals surface area contributed by atoms with Crippen LogP contribution >= 0.6 is 12.2 Å². The molecule has 0 aromatic rings. The Morgan fingerprint density at radius 2 is 2.50 bits per heavy atom. The minimum atomic E-state index is -0.382. The van der Waals surface area contributed by atoms with E-state index in [0.29, 0.717) is 11.5 Å². The van der Waals surface area contributed by atoms with Gasteiger partial charge in [-0.05, 0) is 6.42 Å². The topological polar surface area (TPSA) is 67.6 Å². The van der Waals surface area contributed by atoms with Crippen LogP contribution < -0.4 is 11.1 Å². The molecular weight excluding hydrogens is 202 g/mol. The summed E-state index contributed by atoms with van der Waals surface area (Å²) in [6, 6.07) is 0.150. The van der Waals surface area contributed by atoms with Crippen molar-refractivity contribution in [2.45, 2.75) is 12.5 Å². The van der Waals surface area contributed by atoms with Gasteiger partial charge in [-0.2, -0.15) is 0 Å². The molecule has 1 unspecified atom stereocenters. The van der Waals surface area contributed by atoms with E-state index in [4.69, 9.17) is 18.0 Å². The molecule has 0 radical (unpaired) electrons. The maximum Gasteiger partial charge on any atom is 0.407 e. The van der Waals surface area contributed by atoms with Gasteiger partial charge in [0.2, 0.25) is 0 Å². The van der Waals surface area contributed by atoms with Crippen LogP contribution in [0.3, 0.4) is 0 Å². The molecule has 0 aromatic heterocycles. The number of thiocarbonyl (C=S) groups is 1. The average molecular weight is 217 g/mol. The number of nitrogens with two attached hydrogens (primary N) is 1. The van der Waals surface area contributed by atoms with Crippen molar-refractivity contribution in [1.82, 2.24) is 10.2 Å². The number of nitrogens with zero attached hydrogens (tertiary/aromatic N) is 1. The van der Waals surface area contributed by atoms with Crippen molar-refractivity contribution in [1.29, 1.82) is 0 Å². The molecule has 0 saturated carbocycles. The summed E-state index contributed by atoms with van der Waals surface area (Å²) in [6.45, 7) is 2.31. The zero-order valence-corrected chi connectivity index (χ0v) is 8.97. The summed E-state index contributed by atoms with van der Waals surface area (Å²) in [7, 11) is 1.36. The Hall–Kier alpha value is -0.880. The Labute approximate surface area is 88.6 Å². The predicted molar refractivity (Wildman–Crippen MR) is 57.2 cm³/mol. The number of carbonyl (C=O) groups is 1. The van der Waals surface area contributed by atoms with E-state index in [2.05, 4.69) is 15.0 Å². The number of hydrogen-bond donors (Lipinski definition) is 2. The standard InChI is InChI=1S/C8H15N3O2S/c1-13-8(12)10-6-2-3-11(4-6)5-7(9)14/h6H,2-5H2,1H3,(H2,9,14)(H,10,12). The molecule has 5 nitrogen and oxygen atoms in total. The fraction of sp³-hybridized carbons (Fsp3) is 0.750. The molecule has 1 saturated heterocycles. The number of nitrogens with one attached hydrogen (secondary N) is 1. The second-order valence-electron chi connectivity index (χ2n) is 3.32. The second-order valence-corrected chi connectivity index (χ2v) is 3.85. The van der Waals surface area contributed by atoms with Gasteiger partial charge in [0.15, 0.2) is 0 Å². The molecule has 1 aliphatic rings. The lowest BCUT2D eigenvalue weighted by Gasteiger charge is -2.15. The molecule has 3 N–H and O–H groups in total. The summed E-state index contributed by atoms with van der Waals surface area (Å²) < 4.78 is 4.51. The maximum atomic E-state index is 10.9. The quantitative estimate of drug-likeness (QED) is 0.635. The first-order chi connectivity index (χ1) is 6.61. The molecule has 1 rings (SSSR count). The second kappa shape index (κ2) is 5.11. The van der Waals surface area contributed by atoms with Crippen LogP contribution in [-0.2, 0) is 4.74 Å². The van der Waals surface area contributed by atoms with E-state index in [1.54, 1.807) is 0 Å². The zero-order chi connectivity index (χ0) is 10.6. The Morgan fingerprint density at radius 1 is 1.79 bits per heavy atom. The summed E-state index contributed by atoms with van der Waals surface area (Å²) in [5.74, 6) is 0. The van der Waals surface area contributed by atoms with Crippen LogP contribution in [0.5, 0.6) is 0 Å². The lowest BCUT2D eigenvalue weighted by molar-refractivity contribution is 0.166. The van der Waals surface area contributed by atoms with E-state index >= 15 is 0 Å². The fourth-order valence-corrected chi connectivity index (χ4v) is 1.72. The summed E-state index contributed by atoms with van der Waals surface area (Å²) >= 11 is 4.81. The normalized spacial score (nSPS) is 21.9. The van der Waals surface area contributed by atoms with Gasteiger partial charge in [0.1, 0.15) is 0 Å². The van der Waals surface area contributed by atoms with Crippen molar-refractivity contribution in [3.05, 3.63) is 0 Å². The highest BCUT2D eigenvalue weighted by Gasteiger charge is 2.23. The van der Waals surface area contributed by atoms with Crippen LogP contribution in [0.15, 0.2) is 0 Å². The monoisotopic (exact) mass is 217 g/mol. The van der Waals surface area contributed by atoms with E-state index in [-0.39, 0.29) is 12.1 Å². The van der Waals surface area contributed by atoms with Gasteiger partial charge >= 0.3 is 6.09 Å². The first-order valence-corrected chi connectivity index (χ1v) is 4.87. The lowest BCUT2D eigenvalue weighted by Crippen LogP contribution is -2.38. The Morgan fingerprint density at radius 3 is 3.07 bits per heavy atom. The molecule has 0 spiro atoms. The van der Waals surface area contributed by atoms with E-state index < -0.39 is 0 Å². The van der Waals surface area contributed by atoms with Crippen molar-refractivity contribution < 1.29 is 9.53 Å². The van der Waals surface area contributed by atoms with Gasteiger partial charge in [0, 0.05) is 25.7 Å². The number of hydrogen-bond acceptors (Lipinski definition) is 4. The summed E-state index contributed by atoms with van der Waals surface area (Å²) in [5, 5.41) is 2.74. The number of carbonyl (C=O) groups excluding carboxylic acids is 1. The molecule has 1 fully saturated rings. The van der Waals surface area contributed by atoms with E-state index in [1.807, 2.05) is 0 Å². The zero-order valence-electron chi connectivity index (χ0n) is 8.16. The number of methoxy groups -OCH3 is 1. The molecule has 1 heterocycles. The van der Waals surface area contributed by atoms with Gasteiger partial charge in [-0.15, -0.1) is 0 Å². The number of rotatable bonds is 3. The maximum absolute atomic E-state index is 10.9. The molecule has 0 aromatic carbocycles. The first-order valence-electron chi connectivity index (χ1n) is 4.47. The third kappa shape index (κ3) is 3.47. The van der Waals surface area contributed by atoms with Gasteiger partial charge in [0.05, 0.1) is 12.1 Å². The largest absolute Gasteiger partial charge is 0.453 e. The van der Waals surface area contributed by atoms with Crippen molar-refractivity contribution in [2.24, 2.45) is 5.73 Å². The number of alkyl carbamates (subject to hydrolysis) is 1. The first kappa shape index (κ1) is 11.2. The molecule has 6 heteroatoms. The molecule has 14 heavy (non-hydrogen) atoms. The lowest BCUT2D eigenvalue weighted by atomic mass is 10.3. The molecule has 80 valence electrons. The predicted octanol–water partition coefficient (Wildman–Crippen LogP) is -0.297. The SMILES string of the molecule is COC(=O)NC1CCN(CC(N)=S)C1. The van der Waals surface area contributed by atoms with Crippen molar-refractivity contribution in [3.8, 4) is 0 Å². The summed E-state index contributed by atoms with van der Waals surface area (Å²) in [5.41, 5.74) is 5.42. The van der Waals surface area contributed by atoms with Crippen molar-refractivity contribution >= 4 is 23.3 Å². The fourth-order valence-electron chi connectivity index (χ4n) is 1.54. The molecule has 0 aliphatic carbocycles. The van der Waals surface area contributed by atoms with E-state index in [0.717, 1.165) is 19.5 Å². The minimum absolute atomic E-state index is 0.150. The number of amides is 1. The van der Waals surface area contributed by atoms with Crippen LogP contribution in [0.25, 0.3) is 0 Å². The smallest absolute Gasteiger partial charge is 0.407 e. The van der Waals surface area contributed by atoms with Crippen LogP contribution in [0.4, 0.5) is 4.79 Å². The van der Waals surface area contributed by atoms with Gasteiger partial charge in [-0.25, -0.2) is 4.79 Å². The highest BCUT2D eigenvalue weighted by atomic mass is 32.1.